The summed E-state index contributed by atoms with van der Waals surface area (Å²) in [5.74, 6) is 0. The van der Waals surface area contributed by atoms with Crippen LogP contribution in [0, 0.1) is 13.8 Å². The maximum Gasteiger partial charge on any atom is 0.243 e. The number of hydrogen-bond acceptors (Lipinski definition) is 3. The Morgan fingerprint density at radius 2 is 1.50 bits per heavy atom. The lowest BCUT2D eigenvalue weighted by Crippen LogP contribution is -2.48. The first-order valence-electron chi connectivity index (χ1n) is 8.14. The van der Waals surface area contributed by atoms with E-state index in [2.05, 4.69) is 0 Å². The van der Waals surface area contributed by atoms with Crippen LogP contribution in [0.2, 0.25) is 0 Å². The van der Waals surface area contributed by atoms with Crippen molar-refractivity contribution in [2.45, 2.75) is 37.8 Å². The zero-order valence-corrected chi connectivity index (χ0v) is 15.1. The average Bonchev–Trinajstić information content (AvgIpc) is 2.56. The smallest absolute Gasteiger partial charge is 0.243 e. The molecule has 0 amide bonds. The minimum atomic E-state index is -3.52. The molecule has 0 aromatic heterocycles. The molecule has 1 saturated heterocycles. The third-order valence-electron chi connectivity index (χ3n) is 4.45. The van der Waals surface area contributed by atoms with Crippen LogP contribution in [-0.4, -0.2) is 31.9 Å². The minimum Gasteiger partial charge on any atom is -0.370 e. The molecule has 0 saturated carbocycles. The van der Waals surface area contributed by atoms with E-state index in [1.807, 2.05) is 57.2 Å². The standard InChI is InChI=1S/C19H23NO3S/c1-14-4-8-17(9-5-14)19-12-20(16(3)13-23-19)24(21,22)18-10-6-15(2)7-11-18/h4-11,16,19H,12-13H2,1-3H3. The van der Waals surface area contributed by atoms with Crippen molar-refractivity contribution in [3.05, 3.63) is 65.2 Å². The van der Waals surface area contributed by atoms with E-state index in [0.717, 1.165) is 11.1 Å². The predicted octanol–water partition coefficient (Wildman–Crippen LogP) is 3.45. The van der Waals surface area contributed by atoms with Gasteiger partial charge in [-0.05, 0) is 38.5 Å². The zero-order chi connectivity index (χ0) is 17.3. The molecular weight excluding hydrogens is 322 g/mol. The summed E-state index contributed by atoms with van der Waals surface area (Å²) in [6.45, 7) is 6.59. The highest BCUT2D eigenvalue weighted by molar-refractivity contribution is 7.89. The van der Waals surface area contributed by atoms with E-state index in [1.165, 1.54) is 5.56 Å². The van der Waals surface area contributed by atoms with Crippen molar-refractivity contribution in [1.29, 1.82) is 0 Å². The fourth-order valence-corrected chi connectivity index (χ4v) is 4.52. The maximum atomic E-state index is 13.0. The minimum absolute atomic E-state index is 0.182. The van der Waals surface area contributed by atoms with E-state index in [9.17, 15) is 8.42 Å². The highest BCUT2D eigenvalue weighted by Crippen LogP contribution is 2.29. The van der Waals surface area contributed by atoms with Crippen molar-refractivity contribution < 1.29 is 13.2 Å². The highest BCUT2D eigenvalue weighted by atomic mass is 32.2. The van der Waals surface area contributed by atoms with Crippen molar-refractivity contribution >= 4 is 10.0 Å². The van der Waals surface area contributed by atoms with Gasteiger partial charge in [0.15, 0.2) is 0 Å². The third kappa shape index (κ3) is 3.38. The van der Waals surface area contributed by atoms with Crippen molar-refractivity contribution in [3.63, 3.8) is 0 Å². The monoisotopic (exact) mass is 345 g/mol. The summed E-state index contributed by atoms with van der Waals surface area (Å²) in [4.78, 5) is 0.338. The van der Waals surface area contributed by atoms with Gasteiger partial charge in [-0.3, -0.25) is 0 Å². The molecule has 2 aromatic carbocycles. The molecule has 0 bridgehead atoms. The van der Waals surface area contributed by atoms with E-state index in [0.29, 0.717) is 18.0 Å². The number of ether oxygens (including phenoxy) is 1. The van der Waals surface area contributed by atoms with Gasteiger partial charge in [0.25, 0.3) is 0 Å². The number of nitrogens with zero attached hydrogens (tertiary/aromatic N) is 1. The summed E-state index contributed by atoms with van der Waals surface area (Å²) in [5.41, 5.74) is 3.23. The summed E-state index contributed by atoms with van der Waals surface area (Å²) >= 11 is 0. The molecular formula is C19H23NO3S. The zero-order valence-electron chi connectivity index (χ0n) is 14.3. The van der Waals surface area contributed by atoms with Crippen molar-refractivity contribution in [3.8, 4) is 0 Å². The fraction of sp³-hybridized carbons (Fsp3) is 0.368. The van der Waals surface area contributed by atoms with Crippen LogP contribution in [-0.2, 0) is 14.8 Å². The van der Waals surface area contributed by atoms with E-state index in [4.69, 9.17) is 4.74 Å². The molecule has 0 spiro atoms. The van der Waals surface area contributed by atoms with E-state index in [-0.39, 0.29) is 12.1 Å². The second-order valence-corrected chi connectivity index (χ2v) is 8.36. The molecule has 3 rings (SSSR count). The quantitative estimate of drug-likeness (QED) is 0.856. The summed E-state index contributed by atoms with van der Waals surface area (Å²) in [7, 11) is -3.52. The second kappa shape index (κ2) is 6.67. The van der Waals surface area contributed by atoms with Crippen molar-refractivity contribution in [2.75, 3.05) is 13.2 Å². The van der Waals surface area contributed by atoms with Gasteiger partial charge >= 0.3 is 0 Å². The molecule has 5 heteroatoms. The molecule has 2 aromatic rings. The molecule has 128 valence electrons. The van der Waals surface area contributed by atoms with Gasteiger partial charge in [-0.15, -0.1) is 0 Å². The van der Waals surface area contributed by atoms with Gasteiger partial charge in [-0.1, -0.05) is 47.5 Å². The van der Waals surface area contributed by atoms with Gasteiger partial charge in [0.2, 0.25) is 10.0 Å². The van der Waals surface area contributed by atoms with Crippen LogP contribution in [0.25, 0.3) is 0 Å². The Morgan fingerprint density at radius 1 is 0.958 bits per heavy atom. The molecule has 1 aliphatic rings. The summed E-state index contributed by atoms with van der Waals surface area (Å²) < 4.78 is 33.5. The third-order valence-corrected chi connectivity index (χ3v) is 6.45. The molecule has 1 heterocycles. The Kier molecular flexibility index (Phi) is 4.76. The van der Waals surface area contributed by atoms with E-state index >= 15 is 0 Å². The average molecular weight is 345 g/mol. The number of sulfonamides is 1. The normalized spacial score (nSPS) is 22.5. The summed E-state index contributed by atoms with van der Waals surface area (Å²) in [6.07, 6.45) is -0.234. The van der Waals surface area contributed by atoms with Gasteiger partial charge in [0.05, 0.1) is 17.6 Å². The number of morpholine rings is 1. The Morgan fingerprint density at radius 3 is 2.08 bits per heavy atom. The van der Waals surface area contributed by atoms with Crippen LogP contribution in [0.3, 0.4) is 0 Å². The predicted molar refractivity (Wildman–Crippen MR) is 94.4 cm³/mol. The Labute approximate surface area is 144 Å². The first kappa shape index (κ1) is 17.1. The van der Waals surface area contributed by atoms with Gasteiger partial charge in [0.1, 0.15) is 0 Å². The first-order chi connectivity index (χ1) is 11.4. The first-order valence-corrected chi connectivity index (χ1v) is 9.58. The molecule has 0 N–H and O–H groups in total. The Balaban J connectivity index is 1.88. The SMILES string of the molecule is Cc1ccc(C2CN(S(=O)(=O)c3ccc(C)cc3)C(C)CO2)cc1. The lowest BCUT2D eigenvalue weighted by molar-refractivity contribution is -0.0288. The van der Waals surface area contributed by atoms with Gasteiger partial charge in [0, 0.05) is 12.6 Å². The molecule has 1 aliphatic heterocycles. The second-order valence-electron chi connectivity index (χ2n) is 6.47. The summed E-state index contributed by atoms with van der Waals surface area (Å²) in [6, 6.07) is 14.9. The fourth-order valence-electron chi connectivity index (χ4n) is 2.90. The topological polar surface area (TPSA) is 46.6 Å². The number of rotatable bonds is 3. The summed E-state index contributed by atoms with van der Waals surface area (Å²) in [5, 5.41) is 0. The molecule has 2 unspecified atom stereocenters. The number of aryl methyl sites for hydroxylation is 2. The number of hydrogen-bond donors (Lipinski definition) is 0. The van der Waals surface area contributed by atoms with E-state index in [1.54, 1.807) is 16.4 Å². The largest absolute Gasteiger partial charge is 0.370 e. The van der Waals surface area contributed by atoms with Crippen LogP contribution in [0.4, 0.5) is 0 Å². The van der Waals surface area contributed by atoms with Crippen LogP contribution in [0.15, 0.2) is 53.4 Å². The molecule has 1 fully saturated rings. The van der Waals surface area contributed by atoms with Crippen LogP contribution >= 0.6 is 0 Å². The molecule has 24 heavy (non-hydrogen) atoms. The van der Waals surface area contributed by atoms with Gasteiger partial charge in [-0.25, -0.2) is 8.42 Å². The lowest BCUT2D eigenvalue weighted by Gasteiger charge is -2.37. The van der Waals surface area contributed by atoms with Gasteiger partial charge in [-0.2, -0.15) is 4.31 Å². The Hall–Kier alpha value is -1.69. The molecule has 4 nitrogen and oxygen atoms in total. The maximum absolute atomic E-state index is 13.0. The number of benzene rings is 2. The van der Waals surface area contributed by atoms with Crippen LogP contribution in [0.1, 0.15) is 29.7 Å². The molecule has 2 atom stereocenters. The lowest BCUT2D eigenvalue weighted by atomic mass is 10.1. The van der Waals surface area contributed by atoms with Crippen molar-refractivity contribution in [2.24, 2.45) is 0 Å². The van der Waals surface area contributed by atoms with E-state index < -0.39 is 10.0 Å². The van der Waals surface area contributed by atoms with Crippen LogP contribution in [0.5, 0.6) is 0 Å². The van der Waals surface area contributed by atoms with Crippen molar-refractivity contribution in [1.82, 2.24) is 4.31 Å². The van der Waals surface area contributed by atoms with Crippen LogP contribution < -0.4 is 0 Å². The highest BCUT2D eigenvalue weighted by Gasteiger charge is 2.36. The molecule has 0 aliphatic carbocycles. The molecule has 0 radical (unpaired) electrons. The van der Waals surface area contributed by atoms with Gasteiger partial charge < -0.3 is 4.74 Å². The Bertz CT molecular complexity index is 798.